The number of para-hydroxylation sites is 1. The predicted molar refractivity (Wildman–Crippen MR) is 132 cm³/mol. The van der Waals surface area contributed by atoms with Crippen LogP contribution in [0.2, 0.25) is 0 Å². The van der Waals surface area contributed by atoms with E-state index >= 15 is 0 Å². The summed E-state index contributed by atoms with van der Waals surface area (Å²) >= 11 is 1.37. The highest BCUT2D eigenvalue weighted by Crippen LogP contribution is 2.38. The van der Waals surface area contributed by atoms with Crippen molar-refractivity contribution in [2.75, 3.05) is 12.4 Å². The number of amides is 1. The maximum absolute atomic E-state index is 13.6. The molecule has 0 radical (unpaired) electrons. The van der Waals surface area contributed by atoms with Crippen LogP contribution in [0.3, 0.4) is 0 Å². The van der Waals surface area contributed by atoms with Crippen LogP contribution in [0, 0.1) is 20.8 Å². The van der Waals surface area contributed by atoms with Crippen LogP contribution in [-0.4, -0.2) is 27.8 Å². The van der Waals surface area contributed by atoms with E-state index < -0.39 is 5.25 Å². The van der Waals surface area contributed by atoms with E-state index in [1.165, 1.54) is 11.8 Å². The number of aromatic nitrogens is 3. The van der Waals surface area contributed by atoms with Crippen molar-refractivity contribution in [2.45, 2.75) is 31.2 Å². The van der Waals surface area contributed by atoms with Gasteiger partial charge in [-0.3, -0.25) is 9.36 Å². The minimum Gasteiger partial charge on any atom is -0.495 e. The molecule has 1 aromatic heterocycles. The first-order chi connectivity index (χ1) is 16.0. The Morgan fingerprint density at radius 1 is 0.970 bits per heavy atom. The second-order valence-electron chi connectivity index (χ2n) is 7.75. The minimum absolute atomic E-state index is 0.160. The fraction of sp³-hybridized carbons (Fsp3) is 0.192. The molecule has 0 saturated carbocycles. The van der Waals surface area contributed by atoms with Crippen molar-refractivity contribution >= 4 is 23.4 Å². The zero-order valence-electron chi connectivity index (χ0n) is 19.1. The number of anilines is 1. The van der Waals surface area contributed by atoms with E-state index in [0.29, 0.717) is 16.6 Å². The first-order valence-corrected chi connectivity index (χ1v) is 11.5. The first kappa shape index (κ1) is 22.6. The largest absolute Gasteiger partial charge is 0.495 e. The summed E-state index contributed by atoms with van der Waals surface area (Å²) in [5.41, 5.74) is 4.65. The number of hydrogen-bond donors (Lipinski definition) is 1. The van der Waals surface area contributed by atoms with Gasteiger partial charge in [0.25, 0.3) is 0 Å². The molecular weight excluding hydrogens is 432 g/mol. The van der Waals surface area contributed by atoms with Crippen molar-refractivity contribution in [3.63, 3.8) is 0 Å². The molecule has 168 valence electrons. The van der Waals surface area contributed by atoms with Crippen LogP contribution in [0.25, 0.3) is 5.69 Å². The molecule has 3 aromatic carbocycles. The van der Waals surface area contributed by atoms with Crippen molar-refractivity contribution in [2.24, 2.45) is 0 Å². The summed E-state index contributed by atoms with van der Waals surface area (Å²) in [6.07, 6.45) is 0. The third-order valence-corrected chi connectivity index (χ3v) is 6.53. The van der Waals surface area contributed by atoms with E-state index in [2.05, 4.69) is 28.5 Å². The number of ether oxygens (including phenoxy) is 1. The van der Waals surface area contributed by atoms with Crippen LogP contribution in [0.15, 0.2) is 78.0 Å². The lowest BCUT2D eigenvalue weighted by atomic mass is 10.1. The van der Waals surface area contributed by atoms with Gasteiger partial charge in [-0.1, -0.05) is 66.4 Å². The lowest BCUT2D eigenvalue weighted by molar-refractivity contribution is -0.115. The van der Waals surface area contributed by atoms with E-state index in [9.17, 15) is 4.79 Å². The van der Waals surface area contributed by atoms with Crippen LogP contribution in [0.1, 0.15) is 27.8 Å². The topological polar surface area (TPSA) is 69.0 Å². The average Bonchev–Trinajstić information content (AvgIpc) is 3.18. The monoisotopic (exact) mass is 458 g/mol. The van der Waals surface area contributed by atoms with Gasteiger partial charge < -0.3 is 10.1 Å². The summed E-state index contributed by atoms with van der Waals surface area (Å²) in [5.74, 6) is 1.22. The number of thioether (sulfide) groups is 1. The van der Waals surface area contributed by atoms with Crippen molar-refractivity contribution in [1.82, 2.24) is 14.8 Å². The molecule has 0 spiro atoms. The van der Waals surface area contributed by atoms with Crippen LogP contribution in [-0.2, 0) is 4.79 Å². The number of carbonyl (C=O) groups is 1. The van der Waals surface area contributed by atoms with Gasteiger partial charge >= 0.3 is 0 Å². The molecule has 0 aliphatic heterocycles. The van der Waals surface area contributed by atoms with Gasteiger partial charge in [-0.05, 0) is 55.7 Å². The maximum atomic E-state index is 13.6. The van der Waals surface area contributed by atoms with E-state index in [1.807, 2.05) is 85.1 Å². The number of hydrogen-bond acceptors (Lipinski definition) is 5. The molecule has 1 heterocycles. The standard InChI is InChI=1S/C26H26N4O2S/c1-17-14-15-23(32-4)21(16-17)27-25(31)24(20-11-6-5-7-12-20)33-26-29-28-19(3)30(26)22-13-9-8-10-18(22)2/h5-16,24H,1-4H3,(H,27,31). The molecule has 4 aromatic rings. The van der Waals surface area contributed by atoms with Crippen molar-refractivity contribution in [3.05, 3.63) is 95.3 Å². The second kappa shape index (κ2) is 9.92. The molecule has 7 heteroatoms. The Kier molecular flexibility index (Phi) is 6.79. The molecule has 1 N–H and O–H groups in total. The number of methoxy groups -OCH3 is 1. The first-order valence-electron chi connectivity index (χ1n) is 10.6. The molecule has 0 aliphatic rings. The predicted octanol–water partition coefficient (Wildman–Crippen LogP) is 5.67. The highest BCUT2D eigenvalue weighted by atomic mass is 32.2. The van der Waals surface area contributed by atoms with E-state index in [-0.39, 0.29) is 5.91 Å². The molecule has 4 rings (SSSR count). The molecule has 0 bridgehead atoms. The van der Waals surface area contributed by atoms with Gasteiger partial charge in [0.05, 0.1) is 18.5 Å². The third-order valence-electron chi connectivity index (χ3n) is 5.33. The Labute approximate surface area is 198 Å². The molecule has 1 unspecified atom stereocenters. The van der Waals surface area contributed by atoms with Gasteiger partial charge in [0, 0.05) is 0 Å². The minimum atomic E-state index is -0.539. The number of nitrogens with zero attached hydrogens (tertiary/aromatic N) is 3. The summed E-state index contributed by atoms with van der Waals surface area (Å²) in [6.45, 7) is 5.94. The molecular formula is C26H26N4O2S. The van der Waals surface area contributed by atoms with Crippen LogP contribution in [0.4, 0.5) is 5.69 Å². The van der Waals surface area contributed by atoms with Gasteiger partial charge in [0.1, 0.15) is 16.8 Å². The Balaban J connectivity index is 1.72. The maximum Gasteiger partial charge on any atom is 0.242 e. The average molecular weight is 459 g/mol. The zero-order chi connectivity index (χ0) is 23.4. The Bertz CT molecular complexity index is 1270. The SMILES string of the molecule is COc1ccc(C)cc1NC(=O)C(Sc1nnc(C)n1-c1ccccc1C)c1ccccc1. The van der Waals surface area contributed by atoms with E-state index in [1.54, 1.807) is 7.11 Å². The summed E-state index contributed by atoms with van der Waals surface area (Å²) in [6, 6.07) is 23.5. The number of carbonyl (C=O) groups excluding carboxylic acids is 1. The Morgan fingerprint density at radius 2 is 1.70 bits per heavy atom. The summed E-state index contributed by atoms with van der Waals surface area (Å²) in [7, 11) is 1.59. The fourth-order valence-corrected chi connectivity index (χ4v) is 4.73. The summed E-state index contributed by atoms with van der Waals surface area (Å²) in [5, 5.41) is 11.9. The van der Waals surface area contributed by atoms with Gasteiger partial charge in [0.15, 0.2) is 5.16 Å². The summed E-state index contributed by atoms with van der Waals surface area (Å²) < 4.78 is 7.45. The number of aryl methyl sites for hydroxylation is 3. The molecule has 1 atom stereocenters. The van der Waals surface area contributed by atoms with E-state index in [4.69, 9.17) is 4.74 Å². The lowest BCUT2D eigenvalue weighted by Crippen LogP contribution is -2.20. The number of nitrogens with one attached hydrogen (secondary N) is 1. The van der Waals surface area contributed by atoms with Crippen LogP contribution >= 0.6 is 11.8 Å². The van der Waals surface area contributed by atoms with Crippen LogP contribution < -0.4 is 10.1 Å². The highest BCUT2D eigenvalue weighted by molar-refractivity contribution is 8.00. The molecule has 6 nitrogen and oxygen atoms in total. The van der Waals surface area contributed by atoms with Gasteiger partial charge in [-0.2, -0.15) is 0 Å². The van der Waals surface area contributed by atoms with Gasteiger partial charge in [-0.25, -0.2) is 0 Å². The van der Waals surface area contributed by atoms with Crippen molar-refractivity contribution < 1.29 is 9.53 Å². The second-order valence-corrected chi connectivity index (χ2v) is 8.83. The molecule has 0 fully saturated rings. The van der Waals surface area contributed by atoms with Gasteiger partial charge in [-0.15, -0.1) is 10.2 Å². The third kappa shape index (κ3) is 4.93. The molecule has 0 saturated heterocycles. The highest BCUT2D eigenvalue weighted by Gasteiger charge is 2.26. The molecule has 33 heavy (non-hydrogen) atoms. The molecule has 0 aliphatic carbocycles. The number of rotatable bonds is 7. The van der Waals surface area contributed by atoms with Crippen molar-refractivity contribution in [3.8, 4) is 11.4 Å². The Hall–Kier alpha value is -3.58. The smallest absolute Gasteiger partial charge is 0.242 e. The van der Waals surface area contributed by atoms with Gasteiger partial charge in [0.2, 0.25) is 5.91 Å². The number of benzene rings is 3. The lowest BCUT2D eigenvalue weighted by Gasteiger charge is -2.19. The zero-order valence-corrected chi connectivity index (χ0v) is 19.9. The van der Waals surface area contributed by atoms with Crippen molar-refractivity contribution in [1.29, 1.82) is 0 Å². The molecule has 1 amide bonds. The fourth-order valence-electron chi connectivity index (χ4n) is 3.63. The normalized spacial score (nSPS) is 11.8. The van der Waals surface area contributed by atoms with Crippen LogP contribution in [0.5, 0.6) is 5.75 Å². The quantitative estimate of drug-likeness (QED) is 0.361. The Morgan fingerprint density at radius 3 is 2.42 bits per heavy atom. The summed E-state index contributed by atoms with van der Waals surface area (Å²) in [4.78, 5) is 13.6. The van der Waals surface area contributed by atoms with E-state index in [0.717, 1.165) is 28.2 Å².